The molecule has 0 fully saturated rings. The van der Waals surface area contributed by atoms with Crippen molar-refractivity contribution in [3.05, 3.63) is 99.4 Å². The van der Waals surface area contributed by atoms with Crippen LogP contribution in [0.3, 0.4) is 0 Å². The molecule has 5 aromatic rings. The van der Waals surface area contributed by atoms with E-state index in [2.05, 4.69) is 33.0 Å². The van der Waals surface area contributed by atoms with Gasteiger partial charge in [0.2, 0.25) is 5.82 Å². The number of aromatic nitrogens is 3. The molecule has 5 rings (SSSR count). The number of nitrogens with zero attached hydrogens (tertiary/aromatic N) is 3. The van der Waals surface area contributed by atoms with Gasteiger partial charge in [0, 0.05) is 32.7 Å². The van der Waals surface area contributed by atoms with Crippen LogP contribution in [0.25, 0.3) is 39.3 Å². The molecule has 0 N–H and O–H groups in total. The number of rotatable bonds is 4. The van der Waals surface area contributed by atoms with Gasteiger partial charge >= 0.3 is 0 Å². The molecule has 0 amide bonds. The lowest BCUT2D eigenvalue weighted by Crippen LogP contribution is -2.18. The first-order valence-corrected chi connectivity index (χ1v) is 10.8. The third-order valence-electron chi connectivity index (χ3n) is 5.31. The monoisotopic (exact) mass is 471 g/mol. The van der Waals surface area contributed by atoms with Crippen molar-refractivity contribution < 1.29 is 4.52 Å². The van der Waals surface area contributed by atoms with Gasteiger partial charge in [-0.1, -0.05) is 58.3 Å². The summed E-state index contributed by atoms with van der Waals surface area (Å²) in [4.78, 5) is 17.8. The zero-order valence-electron chi connectivity index (χ0n) is 16.7. The molecule has 0 unspecified atom stereocenters. The maximum Gasteiger partial charge on any atom is 0.262 e. The summed E-state index contributed by atoms with van der Waals surface area (Å²) in [5.41, 5.74) is 3.49. The number of benzene rings is 3. The molecular weight excluding hydrogens is 454 g/mol. The van der Waals surface area contributed by atoms with Gasteiger partial charge in [0.05, 0.1) is 5.56 Å². The van der Waals surface area contributed by atoms with Crippen molar-refractivity contribution in [2.45, 2.75) is 13.3 Å². The van der Waals surface area contributed by atoms with E-state index in [1.807, 2.05) is 72.8 Å². The molecule has 5 nitrogen and oxygen atoms in total. The number of hydrogen-bond donors (Lipinski definition) is 0. The van der Waals surface area contributed by atoms with Gasteiger partial charge in [-0.3, -0.25) is 9.36 Å². The van der Waals surface area contributed by atoms with E-state index < -0.39 is 0 Å². The van der Waals surface area contributed by atoms with Gasteiger partial charge in [-0.2, -0.15) is 4.98 Å². The molecule has 0 spiro atoms. The Bertz CT molecular complexity index is 1430. The van der Waals surface area contributed by atoms with E-state index in [0.717, 1.165) is 27.5 Å². The Labute approximate surface area is 187 Å². The first kappa shape index (κ1) is 19.5. The van der Waals surface area contributed by atoms with Crippen LogP contribution >= 0.6 is 15.9 Å². The summed E-state index contributed by atoms with van der Waals surface area (Å²) >= 11 is 3.44. The van der Waals surface area contributed by atoms with Crippen LogP contribution in [0.1, 0.15) is 12.5 Å². The van der Waals surface area contributed by atoms with E-state index in [0.29, 0.717) is 22.7 Å². The predicted octanol–water partition coefficient (Wildman–Crippen LogP) is 6.03. The second kappa shape index (κ2) is 7.96. The third-order valence-corrected chi connectivity index (χ3v) is 5.83. The Morgan fingerprint density at radius 3 is 2.35 bits per heavy atom. The lowest BCUT2D eigenvalue weighted by atomic mass is 10.1. The molecule has 0 saturated heterocycles. The number of pyridine rings is 1. The molecule has 2 heterocycles. The SMILES string of the molecule is CCc1ccc(-n2cc(-c3nc(-c4ccc(Br)cc4)no3)c3ccccc3c2=O)cc1. The van der Waals surface area contributed by atoms with Crippen LogP contribution in [0.2, 0.25) is 0 Å². The topological polar surface area (TPSA) is 60.9 Å². The van der Waals surface area contributed by atoms with Crippen molar-refractivity contribution in [2.24, 2.45) is 0 Å². The van der Waals surface area contributed by atoms with Crippen molar-refractivity contribution in [1.29, 1.82) is 0 Å². The summed E-state index contributed by atoms with van der Waals surface area (Å²) in [6.07, 6.45) is 2.73. The largest absolute Gasteiger partial charge is 0.334 e. The second-order valence-corrected chi connectivity index (χ2v) is 8.13. The van der Waals surface area contributed by atoms with Gasteiger partial charge in [-0.25, -0.2) is 0 Å². The molecular formula is C25H18BrN3O2. The number of aryl methyl sites for hydroxylation is 1. The summed E-state index contributed by atoms with van der Waals surface area (Å²) < 4.78 is 8.24. The fraction of sp³-hybridized carbons (Fsp3) is 0.0800. The second-order valence-electron chi connectivity index (χ2n) is 7.21. The lowest BCUT2D eigenvalue weighted by Gasteiger charge is -2.11. The van der Waals surface area contributed by atoms with E-state index in [1.54, 1.807) is 10.8 Å². The van der Waals surface area contributed by atoms with Gasteiger partial charge < -0.3 is 4.52 Å². The summed E-state index contributed by atoms with van der Waals surface area (Å²) in [6.45, 7) is 2.11. The van der Waals surface area contributed by atoms with Crippen LogP contribution in [0.4, 0.5) is 0 Å². The quantitative estimate of drug-likeness (QED) is 0.320. The third kappa shape index (κ3) is 3.59. The molecule has 2 aromatic heterocycles. The molecule has 6 heteroatoms. The van der Waals surface area contributed by atoms with Crippen molar-refractivity contribution in [2.75, 3.05) is 0 Å². The van der Waals surface area contributed by atoms with Gasteiger partial charge in [0.15, 0.2) is 0 Å². The molecule has 0 radical (unpaired) electrons. The average molecular weight is 472 g/mol. The summed E-state index contributed by atoms with van der Waals surface area (Å²) in [7, 11) is 0. The van der Waals surface area contributed by atoms with Crippen molar-refractivity contribution in [3.63, 3.8) is 0 Å². The predicted molar refractivity (Wildman–Crippen MR) is 125 cm³/mol. The molecule has 0 aliphatic heterocycles. The van der Waals surface area contributed by atoms with Crippen molar-refractivity contribution in [1.82, 2.24) is 14.7 Å². The number of halogens is 1. The lowest BCUT2D eigenvalue weighted by molar-refractivity contribution is 0.432. The summed E-state index contributed by atoms with van der Waals surface area (Å²) in [5.74, 6) is 0.865. The minimum Gasteiger partial charge on any atom is -0.334 e. The van der Waals surface area contributed by atoms with Crippen LogP contribution in [0.15, 0.2) is 92.8 Å². The fourth-order valence-electron chi connectivity index (χ4n) is 3.60. The number of fused-ring (bicyclic) bond motifs is 1. The summed E-state index contributed by atoms with van der Waals surface area (Å²) in [6, 6.07) is 23.2. The van der Waals surface area contributed by atoms with Gasteiger partial charge in [0.1, 0.15) is 0 Å². The minimum atomic E-state index is -0.0868. The highest BCUT2D eigenvalue weighted by molar-refractivity contribution is 9.10. The van der Waals surface area contributed by atoms with Crippen molar-refractivity contribution >= 4 is 26.7 Å². The van der Waals surface area contributed by atoms with E-state index in [-0.39, 0.29) is 5.56 Å². The van der Waals surface area contributed by atoms with E-state index in [9.17, 15) is 4.79 Å². The molecule has 31 heavy (non-hydrogen) atoms. The molecule has 0 aliphatic carbocycles. The Morgan fingerprint density at radius 2 is 1.65 bits per heavy atom. The van der Waals surface area contributed by atoms with Crippen LogP contribution in [-0.2, 0) is 6.42 Å². The summed E-state index contributed by atoms with van der Waals surface area (Å²) in [5, 5.41) is 5.54. The average Bonchev–Trinajstić information content (AvgIpc) is 3.30. The molecule has 0 saturated carbocycles. The smallest absolute Gasteiger partial charge is 0.262 e. The Balaban J connectivity index is 1.69. The fourth-order valence-corrected chi connectivity index (χ4v) is 3.86. The molecule has 3 aromatic carbocycles. The first-order valence-electron chi connectivity index (χ1n) is 9.98. The van der Waals surface area contributed by atoms with Crippen LogP contribution in [0.5, 0.6) is 0 Å². The highest BCUT2D eigenvalue weighted by Crippen LogP contribution is 2.29. The Hall–Kier alpha value is -3.51. The van der Waals surface area contributed by atoms with Gasteiger partial charge in [-0.05, 0) is 54.4 Å². The van der Waals surface area contributed by atoms with E-state index >= 15 is 0 Å². The van der Waals surface area contributed by atoms with E-state index in [4.69, 9.17) is 4.52 Å². The molecule has 0 atom stereocenters. The number of hydrogen-bond acceptors (Lipinski definition) is 4. The van der Waals surface area contributed by atoms with Gasteiger partial charge in [-0.15, -0.1) is 0 Å². The zero-order chi connectivity index (χ0) is 21.4. The normalized spacial score (nSPS) is 11.2. The standard InChI is InChI=1S/C25H18BrN3O2/c1-2-16-7-13-19(14-8-16)29-15-22(20-5-3-4-6-21(20)25(29)30)24-27-23(28-31-24)17-9-11-18(26)12-10-17/h3-15H,2H2,1H3. The first-order chi connectivity index (χ1) is 15.1. The van der Waals surface area contributed by atoms with Gasteiger partial charge in [0.25, 0.3) is 11.4 Å². The molecule has 0 aliphatic rings. The van der Waals surface area contributed by atoms with Crippen LogP contribution < -0.4 is 5.56 Å². The van der Waals surface area contributed by atoms with Crippen LogP contribution in [-0.4, -0.2) is 14.7 Å². The molecule has 152 valence electrons. The van der Waals surface area contributed by atoms with Crippen LogP contribution in [0, 0.1) is 0 Å². The zero-order valence-corrected chi connectivity index (χ0v) is 18.3. The maximum atomic E-state index is 13.2. The maximum absolute atomic E-state index is 13.2. The highest BCUT2D eigenvalue weighted by Gasteiger charge is 2.17. The van der Waals surface area contributed by atoms with E-state index in [1.165, 1.54) is 5.56 Å². The Morgan fingerprint density at radius 1 is 0.935 bits per heavy atom. The minimum absolute atomic E-state index is 0.0868. The molecule has 0 bridgehead atoms. The Kier molecular flexibility index (Phi) is 5.00. The highest BCUT2D eigenvalue weighted by atomic mass is 79.9. The van der Waals surface area contributed by atoms with Crippen molar-refractivity contribution in [3.8, 4) is 28.5 Å².